The number of hydrogen-bond acceptors (Lipinski definition) is 6. The van der Waals surface area contributed by atoms with Crippen molar-refractivity contribution in [1.29, 1.82) is 0 Å². The van der Waals surface area contributed by atoms with Gasteiger partial charge in [0.1, 0.15) is 17.3 Å². The predicted molar refractivity (Wildman–Crippen MR) is 125 cm³/mol. The standard InChI is InChI=1S/C26H31NO6/c1-16(2)15-33-20-8-6-7-18(14-20)23-22(25(29)26(30)27(23)11-12-31-4)24(28)19-9-10-21(32-5)17(3)13-19/h6-10,13-14,16,23,28H,11-12,15H2,1-5H3/b24-22+. The first-order valence-corrected chi connectivity index (χ1v) is 10.9. The van der Waals surface area contributed by atoms with Gasteiger partial charge in [0.15, 0.2) is 0 Å². The van der Waals surface area contributed by atoms with Crippen molar-refractivity contribution in [3.05, 3.63) is 64.7 Å². The maximum atomic E-state index is 13.1. The van der Waals surface area contributed by atoms with Crippen LogP contribution in [0.25, 0.3) is 5.76 Å². The van der Waals surface area contributed by atoms with Gasteiger partial charge in [-0.25, -0.2) is 0 Å². The SMILES string of the molecule is COCCN1C(=O)C(=O)/C(=C(/O)c2ccc(OC)c(C)c2)C1c1cccc(OCC(C)C)c1. The summed E-state index contributed by atoms with van der Waals surface area (Å²) in [6.45, 7) is 6.97. The zero-order valence-corrected chi connectivity index (χ0v) is 19.8. The summed E-state index contributed by atoms with van der Waals surface area (Å²) in [4.78, 5) is 27.5. The van der Waals surface area contributed by atoms with Crippen molar-refractivity contribution in [2.45, 2.75) is 26.8 Å². The number of carbonyl (C=O) groups is 2. The number of methoxy groups -OCH3 is 2. The first kappa shape index (κ1) is 24.3. The Kier molecular flexibility index (Phi) is 7.76. The van der Waals surface area contributed by atoms with E-state index >= 15 is 0 Å². The number of Topliss-reactive ketones (excluding diaryl/α,β-unsaturated/α-hetero) is 1. The highest BCUT2D eigenvalue weighted by atomic mass is 16.5. The van der Waals surface area contributed by atoms with E-state index in [4.69, 9.17) is 14.2 Å². The Hall–Kier alpha value is -3.32. The molecule has 1 heterocycles. The van der Waals surface area contributed by atoms with E-state index in [-0.39, 0.29) is 24.5 Å². The minimum absolute atomic E-state index is 0.0432. The maximum Gasteiger partial charge on any atom is 0.295 e. The quantitative estimate of drug-likeness (QED) is 0.349. The molecule has 0 aromatic heterocycles. The second-order valence-corrected chi connectivity index (χ2v) is 8.45. The normalized spacial score (nSPS) is 17.6. The lowest BCUT2D eigenvalue weighted by Gasteiger charge is -2.25. The lowest BCUT2D eigenvalue weighted by Crippen LogP contribution is -2.32. The summed E-state index contributed by atoms with van der Waals surface area (Å²) >= 11 is 0. The molecule has 1 fully saturated rings. The summed E-state index contributed by atoms with van der Waals surface area (Å²) < 4.78 is 16.3. The molecule has 1 saturated heterocycles. The van der Waals surface area contributed by atoms with Gasteiger partial charge in [0, 0.05) is 19.2 Å². The van der Waals surface area contributed by atoms with Crippen molar-refractivity contribution in [2.75, 3.05) is 34.0 Å². The molecule has 1 aliphatic heterocycles. The largest absolute Gasteiger partial charge is 0.507 e. The Bertz CT molecular complexity index is 1060. The molecule has 0 radical (unpaired) electrons. The summed E-state index contributed by atoms with van der Waals surface area (Å²) in [6, 6.07) is 11.7. The van der Waals surface area contributed by atoms with Crippen molar-refractivity contribution in [3.8, 4) is 11.5 Å². The van der Waals surface area contributed by atoms with Crippen LogP contribution < -0.4 is 9.47 Å². The Morgan fingerprint density at radius 1 is 1.12 bits per heavy atom. The second kappa shape index (κ2) is 10.5. The monoisotopic (exact) mass is 453 g/mol. The third-order valence-electron chi connectivity index (χ3n) is 5.50. The van der Waals surface area contributed by atoms with Gasteiger partial charge in [-0.05, 0) is 54.3 Å². The highest BCUT2D eigenvalue weighted by Gasteiger charge is 2.46. The van der Waals surface area contributed by atoms with Crippen LogP contribution in [0, 0.1) is 12.8 Å². The number of aryl methyl sites for hydroxylation is 1. The molecule has 0 saturated carbocycles. The van der Waals surface area contributed by atoms with E-state index < -0.39 is 17.7 Å². The van der Waals surface area contributed by atoms with Crippen molar-refractivity contribution < 1.29 is 28.9 Å². The number of nitrogens with zero attached hydrogens (tertiary/aromatic N) is 1. The van der Waals surface area contributed by atoms with Gasteiger partial charge in [0.2, 0.25) is 0 Å². The van der Waals surface area contributed by atoms with E-state index in [1.54, 1.807) is 25.3 Å². The zero-order chi connectivity index (χ0) is 24.1. The van der Waals surface area contributed by atoms with Crippen molar-refractivity contribution in [1.82, 2.24) is 4.90 Å². The van der Waals surface area contributed by atoms with Crippen molar-refractivity contribution >= 4 is 17.4 Å². The van der Waals surface area contributed by atoms with E-state index in [1.807, 2.05) is 31.2 Å². The number of aliphatic hydroxyl groups excluding tert-OH is 1. The molecule has 1 atom stereocenters. The molecule has 1 amide bonds. The fourth-order valence-electron chi connectivity index (χ4n) is 3.87. The third kappa shape index (κ3) is 5.20. The number of ether oxygens (including phenoxy) is 3. The van der Waals surface area contributed by atoms with Gasteiger partial charge in [0.05, 0.1) is 31.9 Å². The molecule has 1 unspecified atom stereocenters. The van der Waals surface area contributed by atoms with Crippen molar-refractivity contribution in [2.24, 2.45) is 5.92 Å². The highest BCUT2D eigenvalue weighted by Crippen LogP contribution is 2.40. The molecule has 0 spiro atoms. The second-order valence-electron chi connectivity index (χ2n) is 8.45. The number of likely N-dealkylation sites (tertiary alicyclic amines) is 1. The number of carbonyl (C=O) groups excluding carboxylic acids is 2. The summed E-state index contributed by atoms with van der Waals surface area (Å²) in [5, 5.41) is 11.2. The zero-order valence-electron chi connectivity index (χ0n) is 19.8. The lowest BCUT2D eigenvalue weighted by atomic mass is 9.94. The molecule has 1 aliphatic rings. The molecule has 3 rings (SSSR count). The highest BCUT2D eigenvalue weighted by molar-refractivity contribution is 6.46. The maximum absolute atomic E-state index is 13.1. The molecule has 0 bridgehead atoms. The Labute approximate surface area is 194 Å². The molecular formula is C26H31NO6. The molecule has 176 valence electrons. The smallest absolute Gasteiger partial charge is 0.295 e. The van der Waals surface area contributed by atoms with Gasteiger partial charge in [-0.15, -0.1) is 0 Å². The Morgan fingerprint density at radius 3 is 2.52 bits per heavy atom. The molecule has 0 aliphatic carbocycles. The van der Waals surface area contributed by atoms with Gasteiger partial charge >= 0.3 is 0 Å². The van der Waals surface area contributed by atoms with Crippen LogP contribution in [0.5, 0.6) is 11.5 Å². The van der Waals surface area contributed by atoms with Gasteiger partial charge in [0.25, 0.3) is 11.7 Å². The number of amides is 1. The van der Waals surface area contributed by atoms with E-state index in [0.717, 1.165) is 5.56 Å². The summed E-state index contributed by atoms with van der Waals surface area (Å²) in [5.74, 6) is 0.0298. The number of benzene rings is 2. The van der Waals surface area contributed by atoms with Crippen LogP contribution >= 0.6 is 0 Å². The Morgan fingerprint density at radius 2 is 1.88 bits per heavy atom. The molecule has 7 heteroatoms. The summed E-state index contributed by atoms with van der Waals surface area (Å²) in [5.41, 5.74) is 1.96. The van der Waals surface area contributed by atoms with Crippen LogP contribution in [0.2, 0.25) is 0 Å². The summed E-state index contributed by atoms with van der Waals surface area (Å²) in [6.07, 6.45) is 0. The number of rotatable bonds is 9. The molecule has 2 aromatic carbocycles. The van der Waals surface area contributed by atoms with E-state index in [1.165, 1.54) is 12.0 Å². The molecule has 7 nitrogen and oxygen atoms in total. The van der Waals surface area contributed by atoms with Crippen LogP contribution in [0.1, 0.15) is 36.6 Å². The predicted octanol–water partition coefficient (Wildman–Crippen LogP) is 4.11. The van der Waals surface area contributed by atoms with Crippen LogP contribution in [0.3, 0.4) is 0 Å². The average Bonchev–Trinajstić information content (AvgIpc) is 3.05. The van der Waals surface area contributed by atoms with Gasteiger partial charge in [-0.3, -0.25) is 9.59 Å². The minimum Gasteiger partial charge on any atom is -0.507 e. The van der Waals surface area contributed by atoms with Crippen LogP contribution in [-0.4, -0.2) is 55.7 Å². The fourth-order valence-corrected chi connectivity index (χ4v) is 3.87. The molecule has 33 heavy (non-hydrogen) atoms. The van der Waals surface area contributed by atoms with E-state index in [2.05, 4.69) is 13.8 Å². The third-order valence-corrected chi connectivity index (χ3v) is 5.50. The minimum atomic E-state index is -0.759. The average molecular weight is 454 g/mol. The first-order valence-electron chi connectivity index (χ1n) is 10.9. The number of ketones is 1. The van der Waals surface area contributed by atoms with E-state index in [0.29, 0.717) is 35.2 Å². The van der Waals surface area contributed by atoms with Gasteiger partial charge in [-0.1, -0.05) is 26.0 Å². The molecule has 2 aromatic rings. The van der Waals surface area contributed by atoms with Crippen LogP contribution in [0.4, 0.5) is 0 Å². The molecular weight excluding hydrogens is 422 g/mol. The topological polar surface area (TPSA) is 85.3 Å². The van der Waals surface area contributed by atoms with E-state index in [9.17, 15) is 14.7 Å². The first-order chi connectivity index (χ1) is 15.8. The number of hydrogen-bond donors (Lipinski definition) is 1. The van der Waals surface area contributed by atoms with Crippen molar-refractivity contribution in [3.63, 3.8) is 0 Å². The van der Waals surface area contributed by atoms with Crippen LogP contribution in [-0.2, 0) is 14.3 Å². The summed E-state index contributed by atoms with van der Waals surface area (Å²) in [7, 11) is 3.10. The van der Waals surface area contributed by atoms with Gasteiger partial charge in [-0.2, -0.15) is 0 Å². The lowest BCUT2D eigenvalue weighted by molar-refractivity contribution is -0.140. The Balaban J connectivity index is 2.12. The molecule has 1 N–H and O–H groups in total. The van der Waals surface area contributed by atoms with Gasteiger partial charge < -0.3 is 24.2 Å². The van der Waals surface area contributed by atoms with Crippen LogP contribution in [0.15, 0.2) is 48.0 Å². The fraction of sp³-hybridized carbons (Fsp3) is 0.385. The number of aliphatic hydroxyl groups is 1.